The second-order valence-corrected chi connectivity index (χ2v) is 4.79. The summed E-state index contributed by atoms with van der Waals surface area (Å²) in [6, 6.07) is 11.2. The second-order valence-electron chi connectivity index (χ2n) is 4.79. The molecular weight excluding hydrogens is 300 g/mol. The molecule has 0 bridgehead atoms. The highest BCUT2D eigenvalue weighted by Gasteiger charge is 2.39. The molecule has 2 amide bonds. The van der Waals surface area contributed by atoms with Gasteiger partial charge in [0.1, 0.15) is 0 Å². The molecule has 0 radical (unpaired) electrons. The lowest BCUT2D eigenvalue weighted by Crippen LogP contribution is -2.37. The summed E-state index contributed by atoms with van der Waals surface area (Å²) >= 11 is 0. The first-order valence-corrected chi connectivity index (χ1v) is 6.85. The van der Waals surface area contributed by atoms with Gasteiger partial charge in [-0.25, -0.2) is 9.78 Å². The Hall–Kier alpha value is -3.22. The smallest absolute Gasteiger partial charge is 0.373 e. The highest BCUT2D eigenvalue weighted by atomic mass is 16.7. The third kappa shape index (κ3) is 2.76. The van der Waals surface area contributed by atoms with E-state index < -0.39 is 23.9 Å². The van der Waals surface area contributed by atoms with E-state index in [0.717, 1.165) is 0 Å². The molecule has 0 fully saturated rings. The number of amides is 2. The van der Waals surface area contributed by atoms with Gasteiger partial charge in [0.15, 0.2) is 6.10 Å². The van der Waals surface area contributed by atoms with Gasteiger partial charge < -0.3 is 9.57 Å². The number of nitrogens with zero attached hydrogens (tertiary/aromatic N) is 2. The number of hydrogen-bond donors (Lipinski definition) is 0. The Balaban J connectivity index is 1.69. The van der Waals surface area contributed by atoms with Gasteiger partial charge >= 0.3 is 5.97 Å². The summed E-state index contributed by atoms with van der Waals surface area (Å²) in [5, 5.41) is 0.450. The van der Waals surface area contributed by atoms with Crippen molar-refractivity contribution in [3.05, 3.63) is 59.8 Å². The fourth-order valence-electron chi connectivity index (χ4n) is 2.06. The van der Waals surface area contributed by atoms with Crippen molar-refractivity contribution < 1.29 is 24.0 Å². The maximum atomic E-state index is 12.1. The van der Waals surface area contributed by atoms with Crippen LogP contribution in [0.15, 0.2) is 48.7 Å². The van der Waals surface area contributed by atoms with Crippen LogP contribution in [-0.4, -0.2) is 33.9 Å². The molecule has 7 nitrogen and oxygen atoms in total. The molecule has 1 aromatic heterocycles. The minimum absolute atomic E-state index is 0.198. The molecular formula is C16H12N2O5. The third-order valence-corrected chi connectivity index (χ3v) is 3.21. The van der Waals surface area contributed by atoms with E-state index in [0.29, 0.717) is 5.06 Å². The molecule has 0 N–H and O–H groups in total. The summed E-state index contributed by atoms with van der Waals surface area (Å²) in [6.07, 6.45) is 0.478. The molecule has 3 rings (SSSR count). The first-order valence-electron chi connectivity index (χ1n) is 6.85. The van der Waals surface area contributed by atoms with Gasteiger partial charge in [0.25, 0.3) is 11.8 Å². The second kappa shape index (κ2) is 5.88. The van der Waals surface area contributed by atoms with Gasteiger partial charge in [-0.2, -0.15) is 0 Å². The van der Waals surface area contributed by atoms with Crippen molar-refractivity contribution in [2.45, 2.75) is 13.0 Å². The van der Waals surface area contributed by atoms with Crippen molar-refractivity contribution in [2.24, 2.45) is 0 Å². The summed E-state index contributed by atoms with van der Waals surface area (Å²) < 4.78 is 5.30. The maximum Gasteiger partial charge on any atom is 0.373 e. The zero-order chi connectivity index (χ0) is 16.4. The lowest BCUT2D eigenvalue weighted by atomic mass is 10.1. The minimum atomic E-state index is -1.03. The number of hydroxylamine groups is 2. The van der Waals surface area contributed by atoms with E-state index in [4.69, 9.17) is 9.57 Å². The average molecular weight is 312 g/mol. The van der Waals surface area contributed by atoms with Crippen molar-refractivity contribution in [3.8, 4) is 5.88 Å². The van der Waals surface area contributed by atoms with Crippen LogP contribution in [0.1, 0.15) is 27.6 Å². The van der Waals surface area contributed by atoms with E-state index in [1.807, 2.05) is 0 Å². The van der Waals surface area contributed by atoms with E-state index >= 15 is 0 Å². The largest absolute Gasteiger partial charge is 0.463 e. The lowest BCUT2D eigenvalue weighted by Gasteiger charge is -2.16. The van der Waals surface area contributed by atoms with Crippen LogP contribution in [-0.2, 0) is 9.63 Å². The summed E-state index contributed by atoms with van der Waals surface area (Å²) in [5.41, 5.74) is 0.396. The number of benzene rings is 1. The minimum Gasteiger partial charge on any atom is -0.463 e. The molecule has 0 saturated heterocycles. The molecule has 2 aromatic rings. The number of aromatic nitrogens is 1. The van der Waals surface area contributed by atoms with Crippen LogP contribution in [0, 0.1) is 0 Å². The van der Waals surface area contributed by atoms with Crippen molar-refractivity contribution in [1.82, 2.24) is 10.0 Å². The average Bonchev–Trinajstić information content (AvgIpc) is 2.81. The van der Waals surface area contributed by atoms with Crippen molar-refractivity contribution in [3.63, 3.8) is 0 Å². The highest BCUT2D eigenvalue weighted by molar-refractivity contribution is 6.20. The zero-order valence-corrected chi connectivity index (χ0v) is 12.1. The Morgan fingerprint density at radius 3 is 2.22 bits per heavy atom. The summed E-state index contributed by atoms with van der Waals surface area (Å²) in [4.78, 5) is 45.0. The van der Waals surface area contributed by atoms with Crippen LogP contribution in [0.25, 0.3) is 0 Å². The predicted molar refractivity (Wildman–Crippen MR) is 77.4 cm³/mol. The van der Waals surface area contributed by atoms with Gasteiger partial charge in [0.05, 0.1) is 11.1 Å². The van der Waals surface area contributed by atoms with E-state index in [1.54, 1.807) is 30.3 Å². The molecule has 1 unspecified atom stereocenters. The highest BCUT2D eigenvalue weighted by Crippen LogP contribution is 2.23. The standard InChI is InChI=1S/C16H12N2O5/c1-10(22-13-8-4-5-9-17-13)16(21)23-18-14(19)11-6-2-3-7-12(11)15(18)20/h2-10H,1H3. The van der Waals surface area contributed by atoms with E-state index in [9.17, 15) is 14.4 Å². The predicted octanol–water partition coefficient (Wildman–Crippen LogP) is 1.60. The molecule has 1 aliphatic rings. The summed E-state index contributed by atoms with van der Waals surface area (Å²) in [6.45, 7) is 1.44. The monoisotopic (exact) mass is 312 g/mol. The number of ether oxygens (including phenoxy) is 1. The number of carbonyl (C=O) groups is 3. The van der Waals surface area contributed by atoms with Gasteiger partial charge in [0.2, 0.25) is 5.88 Å². The van der Waals surface area contributed by atoms with Crippen molar-refractivity contribution in [2.75, 3.05) is 0 Å². The fourth-order valence-corrected chi connectivity index (χ4v) is 2.06. The molecule has 0 spiro atoms. The van der Waals surface area contributed by atoms with Gasteiger partial charge in [-0.3, -0.25) is 9.59 Å². The number of carbonyl (C=O) groups excluding carboxylic acids is 3. The van der Waals surface area contributed by atoms with E-state index in [-0.39, 0.29) is 17.0 Å². The van der Waals surface area contributed by atoms with Crippen LogP contribution < -0.4 is 4.74 Å². The van der Waals surface area contributed by atoms with Gasteiger partial charge in [-0.15, -0.1) is 0 Å². The van der Waals surface area contributed by atoms with Gasteiger partial charge in [0, 0.05) is 12.3 Å². The number of imide groups is 1. The number of pyridine rings is 1. The van der Waals surface area contributed by atoms with Crippen LogP contribution in [0.4, 0.5) is 0 Å². The molecule has 7 heteroatoms. The first-order chi connectivity index (χ1) is 11.1. The van der Waals surface area contributed by atoms with Gasteiger partial charge in [-0.05, 0) is 25.1 Å². The van der Waals surface area contributed by atoms with Crippen molar-refractivity contribution >= 4 is 17.8 Å². The molecule has 1 aliphatic heterocycles. The number of rotatable bonds is 4. The first kappa shape index (κ1) is 14.7. The van der Waals surface area contributed by atoms with Crippen LogP contribution >= 0.6 is 0 Å². The van der Waals surface area contributed by atoms with Crippen LogP contribution in [0.2, 0.25) is 0 Å². The number of fused-ring (bicyclic) bond motifs is 1. The molecule has 1 aromatic carbocycles. The lowest BCUT2D eigenvalue weighted by molar-refractivity contribution is -0.176. The quantitative estimate of drug-likeness (QED) is 0.797. The Labute approximate surface area is 131 Å². The topological polar surface area (TPSA) is 85.8 Å². The molecule has 2 heterocycles. The molecule has 1 atom stereocenters. The summed E-state index contributed by atoms with van der Waals surface area (Å²) in [5.74, 6) is -1.99. The van der Waals surface area contributed by atoms with Gasteiger partial charge in [-0.1, -0.05) is 23.3 Å². The van der Waals surface area contributed by atoms with Crippen LogP contribution in [0.3, 0.4) is 0 Å². The Morgan fingerprint density at radius 1 is 1.04 bits per heavy atom. The molecule has 0 aliphatic carbocycles. The van der Waals surface area contributed by atoms with E-state index in [1.165, 1.54) is 25.3 Å². The van der Waals surface area contributed by atoms with E-state index in [2.05, 4.69) is 4.98 Å². The number of hydrogen-bond acceptors (Lipinski definition) is 6. The SMILES string of the molecule is CC(Oc1ccccn1)C(=O)ON1C(=O)c2ccccc2C1=O. The Morgan fingerprint density at radius 2 is 1.65 bits per heavy atom. The summed E-state index contributed by atoms with van der Waals surface area (Å²) in [7, 11) is 0. The Bertz CT molecular complexity index is 740. The normalized spacial score (nSPS) is 14.4. The molecule has 23 heavy (non-hydrogen) atoms. The fraction of sp³-hybridized carbons (Fsp3) is 0.125. The Kier molecular flexibility index (Phi) is 3.76. The third-order valence-electron chi connectivity index (χ3n) is 3.21. The van der Waals surface area contributed by atoms with Crippen LogP contribution in [0.5, 0.6) is 5.88 Å². The zero-order valence-electron chi connectivity index (χ0n) is 12.1. The van der Waals surface area contributed by atoms with Crippen molar-refractivity contribution in [1.29, 1.82) is 0 Å². The molecule has 0 saturated carbocycles. The maximum absolute atomic E-state index is 12.1. The molecule has 116 valence electrons.